The minimum atomic E-state index is -0.361. The summed E-state index contributed by atoms with van der Waals surface area (Å²) in [5.41, 5.74) is 3.64. The average Bonchev–Trinajstić information content (AvgIpc) is 3.39. The number of nitro benzene ring substituents is 1. The quantitative estimate of drug-likeness (QED) is 0.391. The van der Waals surface area contributed by atoms with Crippen LogP contribution in [0.1, 0.15) is 23.2 Å². The van der Waals surface area contributed by atoms with Crippen molar-refractivity contribution in [2.45, 2.75) is 12.1 Å². The van der Waals surface area contributed by atoms with Crippen LogP contribution < -0.4 is 4.90 Å². The molecule has 0 unspecified atom stereocenters. The summed E-state index contributed by atoms with van der Waals surface area (Å²) in [4.78, 5) is 12.8. The third-order valence-corrected chi connectivity index (χ3v) is 4.45. The van der Waals surface area contributed by atoms with Crippen molar-refractivity contribution in [3.8, 4) is 0 Å². The van der Waals surface area contributed by atoms with Gasteiger partial charge in [0.25, 0.3) is 5.69 Å². The summed E-state index contributed by atoms with van der Waals surface area (Å²) in [6, 6.07) is 28.0. The lowest BCUT2D eigenvalue weighted by atomic mass is 10.0. The number of nitro groups is 1. The molecule has 3 aromatic rings. The predicted octanol–water partition coefficient (Wildman–Crippen LogP) is 4.90. The van der Waals surface area contributed by atoms with Gasteiger partial charge in [0.05, 0.1) is 17.0 Å². The number of rotatable bonds is 4. The van der Waals surface area contributed by atoms with Crippen molar-refractivity contribution in [1.82, 2.24) is 0 Å². The Kier molecular flexibility index (Phi) is 3.50. The molecule has 4 rings (SSSR count). The van der Waals surface area contributed by atoms with Crippen molar-refractivity contribution in [2.75, 3.05) is 4.90 Å². The number of para-hydroxylation sites is 1. The second-order valence-electron chi connectivity index (χ2n) is 5.89. The van der Waals surface area contributed by atoms with Gasteiger partial charge in [-0.2, -0.15) is 0 Å². The number of non-ortho nitro benzene ring substituents is 1. The fraction of sp³-hybridized carbons (Fsp3) is 0.100. The Morgan fingerprint density at radius 1 is 0.708 bits per heavy atom. The van der Waals surface area contributed by atoms with Gasteiger partial charge in [-0.05, 0) is 23.3 Å². The number of nitrogens with zero attached hydrogens (tertiary/aromatic N) is 2. The molecule has 24 heavy (non-hydrogen) atoms. The Labute approximate surface area is 140 Å². The Hall–Kier alpha value is -3.14. The van der Waals surface area contributed by atoms with Crippen molar-refractivity contribution in [1.29, 1.82) is 0 Å². The zero-order valence-electron chi connectivity index (χ0n) is 12.9. The van der Waals surface area contributed by atoms with Gasteiger partial charge in [-0.25, -0.2) is 0 Å². The van der Waals surface area contributed by atoms with Crippen LogP contribution in [-0.4, -0.2) is 4.92 Å². The van der Waals surface area contributed by atoms with Crippen LogP contribution in [0.25, 0.3) is 0 Å². The maximum atomic E-state index is 10.9. The van der Waals surface area contributed by atoms with Gasteiger partial charge >= 0.3 is 0 Å². The molecule has 0 bridgehead atoms. The third-order valence-electron chi connectivity index (χ3n) is 4.45. The van der Waals surface area contributed by atoms with E-state index < -0.39 is 0 Å². The molecule has 0 N–H and O–H groups in total. The van der Waals surface area contributed by atoms with E-state index in [0.717, 1.165) is 11.3 Å². The Bertz CT molecular complexity index is 802. The monoisotopic (exact) mass is 316 g/mol. The van der Waals surface area contributed by atoms with E-state index in [2.05, 4.69) is 29.2 Å². The smallest absolute Gasteiger partial charge is 0.269 e. The highest BCUT2D eigenvalue weighted by molar-refractivity contribution is 5.61. The molecule has 0 amide bonds. The van der Waals surface area contributed by atoms with Crippen molar-refractivity contribution in [3.05, 3.63) is 106 Å². The predicted molar refractivity (Wildman–Crippen MR) is 93.9 cm³/mol. The fourth-order valence-electron chi connectivity index (χ4n) is 3.28. The first kappa shape index (κ1) is 14.5. The van der Waals surface area contributed by atoms with E-state index in [1.165, 1.54) is 5.56 Å². The first-order chi connectivity index (χ1) is 11.8. The summed E-state index contributed by atoms with van der Waals surface area (Å²) >= 11 is 0. The highest BCUT2D eigenvalue weighted by Gasteiger charge is 2.49. The summed E-state index contributed by atoms with van der Waals surface area (Å²) in [6.07, 6.45) is 0. The molecule has 0 radical (unpaired) electrons. The molecular formula is C20H16N2O2. The molecule has 1 aliphatic heterocycles. The largest absolute Gasteiger partial charge is 0.353 e. The molecule has 4 nitrogen and oxygen atoms in total. The Balaban J connectivity index is 1.70. The molecule has 4 heteroatoms. The molecule has 1 aliphatic rings. The van der Waals surface area contributed by atoms with Gasteiger partial charge < -0.3 is 4.90 Å². The van der Waals surface area contributed by atoms with Crippen LogP contribution in [0.15, 0.2) is 84.9 Å². The summed E-state index contributed by atoms with van der Waals surface area (Å²) < 4.78 is 0. The van der Waals surface area contributed by atoms with E-state index in [-0.39, 0.29) is 22.7 Å². The maximum absolute atomic E-state index is 10.9. The Morgan fingerprint density at radius 3 is 1.75 bits per heavy atom. The molecule has 0 saturated carbocycles. The van der Waals surface area contributed by atoms with Crippen LogP contribution in [0.4, 0.5) is 11.4 Å². The van der Waals surface area contributed by atoms with Crippen molar-refractivity contribution < 1.29 is 4.92 Å². The lowest BCUT2D eigenvalue weighted by Gasteiger charge is -2.06. The minimum Gasteiger partial charge on any atom is -0.353 e. The minimum absolute atomic E-state index is 0.127. The molecule has 0 aromatic heterocycles. The highest BCUT2D eigenvalue weighted by Crippen LogP contribution is 2.56. The second-order valence-corrected chi connectivity index (χ2v) is 5.89. The normalized spacial score (nSPS) is 19.1. The van der Waals surface area contributed by atoms with Gasteiger partial charge in [0, 0.05) is 17.8 Å². The van der Waals surface area contributed by atoms with Crippen LogP contribution in [0.5, 0.6) is 0 Å². The standard InChI is InChI=1S/C20H16N2O2/c23-22(24)18-13-11-16(12-14-18)20-19(15-7-3-1-4-8-15)21(20)17-9-5-2-6-10-17/h1-14,19-20H/t19-,20+,21?/m1/s1. The summed E-state index contributed by atoms with van der Waals surface area (Å²) in [5, 5.41) is 10.9. The zero-order valence-corrected chi connectivity index (χ0v) is 12.9. The van der Waals surface area contributed by atoms with E-state index in [0.29, 0.717) is 0 Å². The van der Waals surface area contributed by atoms with Gasteiger partial charge in [-0.15, -0.1) is 0 Å². The van der Waals surface area contributed by atoms with Gasteiger partial charge in [0.1, 0.15) is 0 Å². The van der Waals surface area contributed by atoms with E-state index in [1.807, 2.05) is 48.5 Å². The van der Waals surface area contributed by atoms with Crippen LogP contribution >= 0.6 is 0 Å². The van der Waals surface area contributed by atoms with Crippen molar-refractivity contribution in [3.63, 3.8) is 0 Å². The number of benzene rings is 3. The number of anilines is 1. The first-order valence-corrected chi connectivity index (χ1v) is 7.88. The van der Waals surface area contributed by atoms with E-state index in [1.54, 1.807) is 12.1 Å². The van der Waals surface area contributed by atoms with Crippen molar-refractivity contribution >= 4 is 11.4 Å². The second kappa shape index (κ2) is 5.81. The molecule has 1 fully saturated rings. The van der Waals surface area contributed by atoms with E-state index >= 15 is 0 Å². The van der Waals surface area contributed by atoms with E-state index in [4.69, 9.17) is 0 Å². The molecular weight excluding hydrogens is 300 g/mol. The van der Waals surface area contributed by atoms with Crippen LogP contribution in [0, 0.1) is 10.1 Å². The third kappa shape index (κ3) is 2.52. The topological polar surface area (TPSA) is 46.1 Å². The van der Waals surface area contributed by atoms with Crippen LogP contribution in [0.3, 0.4) is 0 Å². The van der Waals surface area contributed by atoms with Crippen LogP contribution in [0.2, 0.25) is 0 Å². The summed E-state index contributed by atoms with van der Waals surface area (Å²) in [7, 11) is 0. The summed E-state index contributed by atoms with van der Waals surface area (Å²) in [5.74, 6) is 0. The van der Waals surface area contributed by atoms with Gasteiger partial charge in [0.2, 0.25) is 0 Å². The van der Waals surface area contributed by atoms with Gasteiger partial charge in [-0.3, -0.25) is 10.1 Å². The molecule has 1 heterocycles. The van der Waals surface area contributed by atoms with Crippen molar-refractivity contribution in [2.24, 2.45) is 0 Å². The van der Waals surface area contributed by atoms with Gasteiger partial charge in [-0.1, -0.05) is 60.7 Å². The Morgan fingerprint density at radius 2 is 1.21 bits per heavy atom. The SMILES string of the molecule is O=[N+]([O-])c1ccc([C@H]2[C@@H](c3ccccc3)N2c2ccccc2)cc1. The zero-order chi connectivity index (χ0) is 16.5. The first-order valence-electron chi connectivity index (χ1n) is 7.88. The summed E-state index contributed by atoms with van der Waals surface area (Å²) in [6.45, 7) is 0. The molecule has 118 valence electrons. The lowest BCUT2D eigenvalue weighted by molar-refractivity contribution is -0.384. The average molecular weight is 316 g/mol. The molecule has 2 atom stereocenters. The molecule has 1 saturated heterocycles. The maximum Gasteiger partial charge on any atom is 0.269 e. The molecule has 0 aliphatic carbocycles. The highest BCUT2D eigenvalue weighted by atomic mass is 16.6. The lowest BCUT2D eigenvalue weighted by Crippen LogP contribution is -1.95. The fourth-order valence-corrected chi connectivity index (χ4v) is 3.28. The number of hydrogen-bond donors (Lipinski definition) is 0. The number of hydrogen-bond acceptors (Lipinski definition) is 3. The molecule has 0 spiro atoms. The molecule has 3 aromatic carbocycles. The van der Waals surface area contributed by atoms with E-state index in [9.17, 15) is 10.1 Å². The van der Waals surface area contributed by atoms with Gasteiger partial charge in [0.15, 0.2) is 0 Å². The van der Waals surface area contributed by atoms with Crippen LogP contribution in [-0.2, 0) is 0 Å².